The minimum Gasteiger partial charge on any atom is -0.487 e. The molecular formula is C23H20N2O2S. The predicted molar refractivity (Wildman–Crippen MR) is 114 cm³/mol. The van der Waals surface area contributed by atoms with Crippen molar-refractivity contribution in [3.8, 4) is 5.75 Å². The van der Waals surface area contributed by atoms with Crippen LogP contribution in [-0.2, 0) is 6.61 Å². The second-order valence-electron chi connectivity index (χ2n) is 6.34. The Labute approximate surface area is 168 Å². The maximum atomic E-state index is 13.3. The summed E-state index contributed by atoms with van der Waals surface area (Å²) in [7, 11) is 0. The minimum absolute atomic E-state index is 0.0436. The van der Waals surface area contributed by atoms with E-state index in [9.17, 15) is 4.79 Å². The smallest absolute Gasteiger partial charge is 0.258 e. The zero-order valence-electron chi connectivity index (χ0n) is 15.5. The maximum absolute atomic E-state index is 13.3. The van der Waals surface area contributed by atoms with Crippen LogP contribution in [0, 0.1) is 0 Å². The molecule has 0 saturated heterocycles. The van der Waals surface area contributed by atoms with Crippen molar-refractivity contribution in [1.82, 2.24) is 4.98 Å². The van der Waals surface area contributed by atoms with Gasteiger partial charge in [-0.25, -0.2) is 4.98 Å². The summed E-state index contributed by atoms with van der Waals surface area (Å²) in [6, 6.07) is 21.5. The molecule has 3 aromatic carbocycles. The number of anilines is 1. The third-order valence-electron chi connectivity index (χ3n) is 4.57. The molecule has 4 rings (SSSR count). The summed E-state index contributed by atoms with van der Waals surface area (Å²) < 4.78 is 5.80. The summed E-state index contributed by atoms with van der Waals surface area (Å²) in [5.41, 5.74) is 4.18. The molecule has 1 amide bonds. The molecule has 140 valence electrons. The van der Waals surface area contributed by atoms with Gasteiger partial charge in [-0.1, -0.05) is 42.5 Å². The number of nitrogens with zero attached hydrogens (tertiary/aromatic N) is 2. The van der Waals surface area contributed by atoms with Crippen molar-refractivity contribution in [2.45, 2.75) is 13.5 Å². The molecule has 4 aromatic rings. The molecule has 1 aromatic heterocycles. The van der Waals surface area contributed by atoms with Crippen LogP contribution in [0.25, 0.3) is 10.8 Å². The lowest BCUT2D eigenvalue weighted by Gasteiger charge is -2.23. The number of hydrogen-bond acceptors (Lipinski definition) is 4. The van der Waals surface area contributed by atoms with Gasteiger partial charge in [0, 0.05) is 22.9 Å². The van der Waals surface area contributed by atoms with Crippen LogP contribution in [0.5, 0.6) is 5.75 Å². The molecule has 0 atom stereocenters. The fourth-order valence-electron chi connectivity index (χ4n) is 3.21. The number of fused-ring (bicyclic) bond motifs is 1. The molecule has 0 spiro atoms. The zero-order valence-corrected chi connectivity index (χ0v) is 16.4. The molecule has 0 aliphatic heterocycles. The standard InChI is InChI=1S/C23H20N2O2S/c1-2-25(22-12-6-8-17-7-3-4-11-21(17)22)23(26)18-9-5-10-20(13-18)27-14-19-15-28-16-24-19/h3-13,15-16H,2,14H2,1H3. The van der Waals surface area contributed by atoms with Crippen LogP contribution < -0.4 is 9.64 Å². The highest BCUT2D eigenvalue weighted by atomic mass is 32.1. The van der Waals surface area contributed by atoms with E-state index >= 15 is 0 Å². The number of benzene rings is 3. The van der Waals surface area contributed by atoms with Gasteiger partial charge in [-0.2, -0.15) is 0 Å². The summed E-state index contributed by atoms with van der Waals surface area (Å²) in [5, 5.41) is 4.14. The first-order chi connectivity index (χ1) is 13.8. The fraction of sp³-hybridized carbons (Fsp3) is 0.130. The second kappa shape index (κ2) is 8.23. The van der Waals surface area contributed by atoms with E-state index < -0.39 is 0 Å². The Balaban J connectivity index is 1.61. The van der Waals surface area contributed by atoms with E-state index in [1.807, 2.05) is 65.7 Å². The minimum atomic E-state index is -0.0436. The largest absolute Gasteiger partial charge is 0.487 e. The Bertz CT molecular complexity index is 1090. The van der Waals surface area contributed by atoms with Crippen molar-refractivity contribution < 1.29 is 9.53 Å². The van der Waals surface area contributed by atoms with Crippen LogP contribution >= 0.6 is 11.3 Å². The Hall–Kier alpha value is -3.18. The van der Waals surface area contributed by atoms with Crippen molar-refractivity contribution in [1.29, 1.82) is 0 Å². The average Bonchev–Trinajstić information content (AvgIpc) is 3.27. The molecule has 0 aliphatic rings. The lowest BCUT2D eigenvalue weighted by Crippen LogP contribution is -2.30. The third kappa shape index (κ3) is 3.75. The van der Waals surface area contributed by atoms with E-state index in [1.165, 1.54) is 11.3 Å². The second-order valence-corrected chi connectivity index (χ2v) is 7.06. The number of rotatable bonds is 6. The first-order valence-corrected chi connectivity index (χ1v) is 10.1. The van der Waals surface area contributed by atoms with E-state index in [4.69, 9.17) is 4.74 Å². The molecule has 4 nitrogen and oxygen atoms in total. The van der Waals surface area contributed by atoms with Gasteiger partial charge in [0.15, 0.2) is 0 Å². The summed E-state index contributed by atoms with van der Waals surface area (Å²) in [4.78, 5) is 19.3. The highest BCUT2D eigenvalue weighted by Crippen LogP contribution is 2.28. The van der Waals surface area contributed by atoms with Crippen molar-refractivity contribution in [2.75, 3.05) is 11.4 Å². The molecule has 0 aliphatic carbocycles. The van der Waals surface area contributed by atoms with E-state index in [0.29, 0.717) is 24.5 Å². The topological polar surface area (TPSA) is 42.4 Å². The Morgan fingerprint density at radius 2 is 1.89 bits per heavy atom. The van der Waals surface area contributed by atoms with Gasteiger partial charge in [0.05, 0.1) is 16.9 Å². The van der Waals surface area contributed by atoms with Crippen molar-refractivity contribution >= 4 is 33.7 Å². The molecule has 0 bridgehead atoms. The quantitative estimate of drug-likeness (QED) is 0.435. The van der Waals surface area contributed by atoms with E-state index in [2.05, 4.69) is 17.1 Å². The highest BCUT2D eigenvalue weighted by molar-refractivity contribution is 7.07. The van der Waals surface area contributed by atoms with Gasteiger partial charge in [0.25, 0.3) is 5.91 Å². The zero-order chi connectivity index (χ0) is 19.3. The first-order valence-electron chi connectivity index (χ1n) is 9.16. The van der Waals surface area contributed by atoms with Gasteiger partial charge in [0.2, 0.25) is 0 Å². The summed E-state index contributed by atoms with van der Waals surface area (Å²) in [6.07, 6.45) is 0. The fourth-order valence-corrected chi connectivity index (χ4v) is 3.75. The van der Waals surface area contributed by atoms with Crippen LogP contribution in [-0.4, -0.2) is 17.4 Å². The van der Waals surface area contributed by atoms with Gasteiger partial charge < -0.3 is 9.64 Å². The van der Waals surface area contributed by atoms with Crippen molar-refractivity contribution in [3.63, 3.8) is 0 Å². The highest BCUT2D eigenvalue weighted by Gasteiger charge is 2.18. The van der Waals surface area contributed by atoms with E-state index in [0.717, 1.165) is 22.2 Å². The lowest BCUT2D eigenvalue weighted by atomic mass is 10.1. The van der Waals surface area contributed by atoms with Gasteiger partial charge in [-0.05, 0) is 36.6 Å². The molecule has 5 heteroatoms. The molecule has 0 fully saturated rings. The number of ether oxygens (including phenoxy) is 1. The molecule has 0 N–H and O–H groups in total. The van der Waals surface area contributed by atoms with Gasteiger partial charge in [-0.3, -0.25) is 4.79 Å². The SMILES string of the molecule is CCN(C(=O)c1cccc(OCc2cscn2)c1)c1cccc2ccccc12. The van der Waals surface area contributed by atoms with Gasteiger partial charge >= 0.3 is 0 Å². The van der Waals surface area contributed by atoms with Crippen molar-refractivity contribution in [3.05, 3.63) is 88.9 Å². The predicted octanol–water partition coefficient (Wildman–Crippen LogP) is 5.54. The van der Waals surface area contributed by atoms with Crippen LogP contribution in [0.3, 0.4) is 0 Å². The van der Waals surface area contributed by atoms with E-state index in [-0.39, 0.29) is 5.91 Å². The Morgan fingerprint density at radius 1 is 1.07 bits per heavy atom. The molecule has 0 unspecified atom stereocenters. The summed E-state index contributed by atoms with van der Waals surface area (Å²) in [5.74, 6) is 0.616. The van der Waals surface area contributed by atoms with Crippen molar-refractivity contribution in [2.24, 2.45) is 0 Å². The summed E-state index contributed by atoms with van der Waals surface area (Å²) in [6.45, 7) is 2.96. The Morgan fingerprint density at radius 3 is 2.71 bits per heavy atom. The number of thiazole rings is 1. The van der Waals surface area contributed by atoms with Crippen LogP contribution in [0.15, 0.2) is 77.6 Å². The average molecular weight is 388 g/mol. The molecule has 1 heterocycles. The molecular weight excluding hydrogens is 368 g/mol. The number of amides is 1. The van der Waals surface area contributed by atoms with Gasteiger partial charge in [0.1, 0.15) is 12.4 Å². The molecule has 0 saturated carbocycles. The van der Waals surface area contributed by atoms with Gasteiger partial charge in [-0.15, -0.1) is 11.3 Å². The molecule has 28 heavy (non-hydrogen) atoms. The monoisotopic (exact) mass is 388 g/mol. The third-order valence-corrected chi connectivity index (χ3v) is 5.21. The van der Waals surface area contributed by atoms with E-state index in [1.54, 1.807) is 11.6 Å². The Kier molecular flexibility index (Phi) is 5.35. The maximum Gasteiger partial charge on any atom is 0.258 e. The lowest BCUT2D eigenvalue weighted by molar-refractivity contribution is 0.0988. The number of hydrogen-bond donors (Lipinski definition) is 0. The number of aromatic nitrogens is 1. The van der Waals surface area contributed by atoms with Crippen LogP contribution in [0.2, 0.25) is 0 Å². The normalized spacial score (nSPS) is 10.8. The van der Waals surface area contributed by atoms with Crippen LogP contribution in [0.4, 0.5) is 5.69 Å². The number of carbonyl (C=O) groups is 1. The number of carbonyl (C=O) groups excluding carboxylic acids is 1. The summed E-state index contributed by atoms with van der Waals surface area (Å²) >= 11 is 1.54. The van der Waals surface area contributed by atoms with Crippen LogP contribution in [0.1, 0.15) is 23.0 Å². The first kappa shape index (κ1) is 18.2. The molecule has 0 radical (unpaired) electrons.